The van der Waals surface area contributed by atoms with E-state index >= 15 is 0 Å². The van der Waals surface area contributed by atoms with Gasteiger partial charge >= 0.3 is 0 Å². The monoisotopic (exact) mass is 397 g/mol. The maximum Gasteiger partial charge on any atom is 0.226 e. The lowest BCUT2D eigenvalue weighted by Gasteiger charge is -2.28. The summed E-state index contributed by atoms with van der Waals surface area (Å²) in [6.45, 7) is 4.31. The number of halogens is 1. The minimum atomic E-state index is -0.311. The second kappa shape index (κ2) is 10.0. The lowest BCUT2D eigenvalue weighted by atomic mass is 10.1. The third kappa shape index (κ3) is 6.31. The van der Waals surface area contributed by atoms with Crippen LogP contribution in [-0.4, -0.2) is 36.3 Å². The number of rotatable bonds is 7. The first-order valence-electron chi connectivity index (χ1n) is 10.2. The van der Waals surface area contributed by atoms with Crippen LogP contribution in [0.2, 0.25) is 0 Å². The third-order valence-electron chi connectivity index (χ3n) is 5.21. The predicted molar refractivity (Wildman–Crippen MR) is 113 cm³/mol. The molecule has 29 heavy (non-hydrogen) atoms. The molecule has 1 aliphatic rings. The van der Waals surface area contributed by atoms with Crippen molar-refractivity contribution in [2.75, 3.05) is 29.9 Å². The molecule has 0 bridgehead atoms. The predicted octanol–water partition coefficient (Wildman–Crippen LogP) is 4.19. The fraction of sp³-hybridized carbons (Fsp3) is 0.391. The Labute approximate surface area is 171 Å². The van der Waals surface area contributed by atoms with E-state index < -0.39 is 0 Å². The maximum absolute atomic E-state index is 13.0. The van der Waals surface area contributed by atoms with Gasteiger partial charge in [0.25, 0.3) is 0 Å². The van der Waals surface area contributed by atoms with Crippen LogP contribution >= 0.6 is 0 Å². The molecule has 1 aliphatic heterocycles. The van der Waals surface area contributed by atoms with E-state index in [1.165, 1.54) is 44.0 Å². The van der Waals surface area contributed by atoms with Crippen LogP contribution in [0.15, 0.2) is 48.5 Å². The normalized spacial score (nSPS) is 13.8. The van der Waals surface area contributed by atoms with Crippen molar-refractivity contribution in [2.24, 2.45) is 0 Å². The van der Waals surface area contributed by atoms with Gasteiger partial charge in [-0.25, -0.2) is 4.39 Å². The van der Waals surface area contributed by atoms with Gasteiger partial charge in [-0.05, 0) is 61.2 Å². The molecule has 5 nitrogen and oxygen atoms in total. The summed E-state index contributed by atoms with van der Waals surface area (Å²) in [5.41, 5.74) is 2.77. The number of benzene rings is 2. The molecule has 2 amide bonds. The standard InChI is InChI=1S/C23H28FN3O2/c1-18(28)27(17-19-5-7-20(24)8-6-19)16-13-23(29)25-21-9-11-22(12-10-21)26-14-3-2-4-15-26/h5-12H,2-4,13-17H2,1H3,(H,25,29). The number of amides is 2. The van der Waals surface area contributed by atoms with Crippen molar-refractivity contribution >= 4 is 23.2 Å². The highest BCUT2D eigenvalue weighted by molar-refractivity contribution is 5.91. The first kappa shape index (κ1) is 20.8. The zero-order valence-corrected chi connectivity index (χ0v) is 16.9. The average Bonchev–Trinajstić information content (AvgIpc) is 2.73. The summed E-state index contributed by atoms with van der Waals surface area (Å²) in [5.74, 6) is -0.567. The second-order valence-electron chi connectivity index (χ2n) is 7.46. The van der Waals surface area contributed by atoms with Crippen molar-refractivity contribution in [3.05, 3.63) is 59.9 Å². The zero-order valence-electron chi connectivity index (χ0n) is 16.9. The number of anilines is 2. The molecule has 2 aromatic rings. The van der Waals surface area contributed by atoms with Gasteiger partial charge in [0, 0.05) is 50.9 Å². The van der Waals surface area contributed by atoms with E-state index in [4.69, 9.17) is 0 Å². The van der Waals surface area contributed by atoms with Gasteiger partial charge in [-0.1, -0.05) is 12.1 Å². The van der Waals surface area contributed by atoms with Gasteiger partial charge in [-0.15, -0.1) is 0 Å². The highest BCUT2D eigenvalue weighted by Gasteiger charge is 2.13. The van der Waals surface area contributed by atoms with Crippen molar-refractivity contribution in [3.8, 4) is 0 Å². The number of nitrogens with zero attached hydrogens (tertiary/aromatic N) is 2. The lowest BCUT2D eigenvalue weighted by molar-refractivity contribution is -0.129. The van der Waals surface area contributed by atoms with Crippen LogP contribution in [0.4, 0.5) is 15.8 Å². The molecule has 1 fully saturated rings. The topological polar surface area (TPSA) is 52.7 Å². The van der Waals surface area contributed by atoms with Gasteiger partial charge in [0.2, 0.25) is 11.8 Å². The van der Waals surface area contributed by atoms with Crippen molar-refractivity contribution in [1.29, 1.82) is 0 Å². The second-order valence-corrected chi connectivity index (χ2v) is 7.46. The SMILES string of the molecule is CC(=O)N(CCC(=O)Nc1ccc(N2CCCCC2)cc1)Cc1ccc(F)cc1. The van der Waals surface area contributed by atoms with Crippen molar-refractivity contribution < 1.29 is 14.0 Å². The van der Waals surface area contributed by atoms with Crippen LogP contribution in [0, 0.1) is 5.82 Å². The molecule has 0 saturated carbocycles. The smallest absolute Gasteiger partial charge is 0.226 e. The zero-order chi connectivity index (χ0) is 20.6. The summed E-state index contributed by atoms with van der Waals surface area (Å²) in [6, 6.07) is 14.0. The van der Waals surface area contributed by atoms with E-state index in [1.807, 2.05) is 24.3 Å². The molecule has 154 valence electrons. The minimum Gasteiger partial charge on any atom is -0.372 e. The molecule has 3 rings (SSSR count). The van der Waals surface area contributed by atoms with E-state index in [-0.39, 0.29) is 24.1 Å². The van der Waals surface area contributed by atoms with Crippen molar-refractivity contribution in [3.63, 3.8) is 0 Å². The summed E-state index contributed by atoms with van der Waals surface area (Å²) in [6.07, 6.45) is 3.95. The summed E-state index contributed by atoms with van der Waals surface area (Å²) < 4.78 is 13.0. The van der Waals surface area contributed by atoms with Crippen molar-refractivity contribution in [2.45, 2.75) is 39.2 Å². The van der Waals surface area contributed by atoms with Crippen LogP contribution in [0.3, 0.4) is 0 Å². The highest BCUT2D eigenvalue weighted by Crippen LogP contribution is 2.22. The number of hydrogen-bond donors (Lipinski definition) is 1. The lowest BCUT2D eigenvalue weighted by Crippen LogP contribution is -2.31. The minimum absolute atomic E-state index is 0.118. The largest absolute Gasteiger partial charge is 0.372 e. The quantitative estimate of drug-likeness (QED) is 0.762. The molecule has 0 spiro atoms. The van der Waals surface area contributed by atoms with Crippen LogP contribution in [0.5, 0.6) is 0 Å². The van der Waals surface area contributed by atoms with E-state index in [2.05, 4.69) is 10.2 Å². The van der Waals surface area contributed by atoms with E-state index in [9.17, 15) is 14.0 Å². The van der Waals surface area contributed by atoms with Crippen LogP contribution in [0.25, 0.3) is 0 Å². The van der Waals surface area contributed by atoms with Crippen LogP contribution in [-0.2, 0) is 16.1 Å². The van der Waals surface area contributed by atoms with E-state index in [1.54, 1.807) is 17.0 Å². The highest BCUT2D eigenvalue weighted by atomic mass is 19.1. The summed E-state index contributed by atoms with van der Waals surface area (Å²) >= 11 is 0. The molecular formula is C23H28FN3O2. The van der Waals surface area contributed by atoms with E-state index in [0.717, 1.165) is 24.3 Å². The molecule has 0 aromatic heterocycles. The molecule has 0 unspecified atom stereocenters. The van der Waals surface area contributed by atoms with Crippen LogP contribution < -0.4 is 10.2 Å². The van der Waals surface area contributed by atoms with Gasteiger partial charge < -0.3 is 15.1 Å². The van der Waals surface area contributed by atoms with E-state index in [0.29, 0.717) is 13.1 Å². The van der Waals surface area contributed by atoms with Gasteiger partial charge in [-0.3, -0.25) is 9.59 Å². The Bertz CT molecular complexity index is 815. The summed E-state index contributed by atoms with van der Waals surface area (Å²) in [5, 5.41) is 2.89. The average molecular weight is 397 g/mol. The molecule has 0 aliphatic carbocycles. The van der Waals surface area contributed by atoms with Crippen LogP contribution in [0.1, 0.15) is 38.2 Å². The molecule has 1 saturated heterocycles. The number of piperidine rings is 1. The van der Waals surface area contributed by atoms with Gasteiger partial charge in [0.05, 0.1) is 0 Å². The number of carbonyl (C=O) groups excluding carboxylic acids is 2. The number of hydrogen-bond acceptors (Lipinski definition) is 3. The molecule has 6 heteroatoms. The first-order valence-corrected chi connectivity index (χ1v) is 10.2. The summed E-state index contributed by atoms with van der Waals surface area (Å²) in [4.78, 5) is 28.2. The number of nitrogens with one attached hydrogen (secondary N) is 1. The Kier molecular flexibility index (Phi) is 7.22. The van der Waals surface area contributed by atoms with Gasteiger partial charge in [0.1, 0.15) is 5.82 Å². The van der Waals surface area contributed by atoms with Crippen molar-refractivity contribution in [1.82, 2.24) is 4.90 Å². The molecule has 0 radical (unpaired) electrons. The Morgan fingerprint density at radius 3 is 2.28 bits per heavy atom. The first-order chi connectivity index (χ1) is 14.0. The summed E-state index contributed by atoms with van der Waals surface area (Å²) in [7, 11) is 0. The van der Waals surface area contributed by atoms with Gasteiger partial charge in [-0.2, -0.15) is 0 Å². The Balaban J connectivity index is 1.49. The third-order valence-corrected chi connectivity index (χ3v) is 5.21. The molecule has 2 aromatic carbocycles. The molecule has 1 N–H and O–H groups in total. The molecule has 1 heterocycles. The molecular weight excluding hydrogens is 369 g/mol. The Morgan fingerprint density at radius 2 is 1.66 bits per heavy atom. The molecule has 0 atom stereocenters. The fourth-order valence-electron chi connectivity index (χ4n) is 3.53. The Morgan fingerprint density at radius 1 is 1.00 bits per heavy atom. The Hall–Kier alpha value is -2.89. The van der Waals surface area contributed by atoms with Gasteiger partial charge in [0.15, 0.2) is 0 Å². The maximum atomic E-state index is 13.0. The fourth-order valence-corrected chi connectivity index (χ4v) is 3.53. The number of carbonyl (C=O) groups is 2.